The molecule has 0 aliphatic carbocycles. The molecular weight excluding hydrogens is 175 g/mol. The van der Waals surface area contributed by atoms with Crippen molar-refractivity contribution in [2.24, 2.45) is 0 Å². The van der Waals surface area contributed by atoms with E-state index in [0.29, 0.717) is 6.42 Å². The van der Waals surface area contributed by atoms with Crippen molar-refractivity contribution < 1.29 is 13.0 Å². The summed E-state index contributed by atoms with van der Waals surface area (Å²) in [5.74, 6) is -0.0821. The predicted octanol–water partition coefficient (Wildman–Crippen LogP) is 1.02. The Balaban J connectivity index is 3.30. The Morgan fingerprint density at radius 3 is 2.36 bits per heavy atom. The first-order chi connectivity index (χ1) is 4.92. The van der Waals surface area contributed by atoms with Crippen LogP contribution < -0.4 is 0 Å². The molecule has 0 heterocycles. The average molecular weight is 188 g/mol. The van der Waals surface area contributed by atoms with E-state index in [2.05, 4.69) is 6.92 Å². The minimum atomic E-state index is -3.71. The SMILES string of the molecule is C[CH]([Na])CCCCS(=O)(=O)O. The van der Waals surface area contributed by atoms with Crippen molar-refractivity contribution in [2.75, 3.05) is 5.75 Å². The van der Waals surface area contributed by atoms with Crippen LogP contribution in [0.25, 0.3) is 0 Å². The summed E-state index contributed by atoms with van der Waals surface area (Å²) in [5, 5.41) is 0. The average Bonchev–Trinajstić information content (AvgIpc) is 1.78. The second kappa shape index (κ2) is 5.54. The minimum absolute atomic E-state index is 0.0821. The Morgan fingerprint density at radius 2 is 2.00 bits per heavy atom. The van der Waals surface area contributed by atoms with Gasteiger partial charge in [-0.05, 0) is 0 Å². The van der Waals surface area contributed by atoms with Crippen LogP contribution in [0.3, 0.4) is 0 Å². The molecule has 0 aromatic carbocycles. The molecule has 0 spiro atoms. The Kier molecular flexibility index (Phi) is 6.00. The predicted molar refractivity (Wildman–Crippen MR) is 45.4 cm³/mol. The topological polar surface area (TPSA) is 54.4 Å². The zero-order valence-corrected chi connectivity index (χ0v) is 9.89. The molecule has 0 amide bonds. The van der Waals surface area contributed by atoms with Gasteiger partial charge in [-0.2, -0.15) is 0 Å². The molecular formula is C6H13NaO3S. The summed E-state index contributed by atoms with van der Waals surface area (Å²) in [5.41, 5.74) is 0. The van der Waals surface area contributed by atoms with E-state index >= 15 is 0 Å². The maximum absolute atomic E-state index is 10.2. The summed E-state index contributed by atoms with van der Waals surface area (Å²) in [6.45, 7) is 2.15. The van der Waals surface area contributed by atoms with Crippen LogP contribution in [0.4, 0.5) is 0 Å². The van der Waals surface area contributed by atoms with E-state index in [4.69, 9.17) is 4.55 Å². The molecule has 5 heteroatoms. The molecule has 1 unspecified atom stereocenters. The summed E-state index contributed by atoms with van der Waals surface area (Å²) in [7, 11) is -3.71. The Morgan fingerprint density at radius 1 is 1.45 bits per heavy atom. The normalized spacial score (nSPS) is 14.9. The molecule has 0 saturated carbocycles. The molecule has 0 rings (SSSR count). The zero-order valence-electron chi connectivity index (χ0n) is 7.08. The Labute approximate surface area is 85.7 Å². The first-order valence-corrected chi connectivity index (χ1v) is 6.63. The summed E-state index contributed by atoms with van der Waals surface area (Å²) >= 11 is 1.16. The van der Waals surface area contributed by atoms with Gasteiger partial charge in [-0.3, -0.25) is 0 Å². The van der Waals surface area contributed by atoms with Crippen molar-refractivity contribution in [1.82, 2.24) is 0 Å². The van der Waals surface area contributed by atoms with Crippen LogP contribution in [0.15, 0.2) is 0 Å². The standard InChI is InChI=1S/C6H13O3S.Na/c1-2-3-4-5-6-10(7,8)9;/h2H,3-6H2,1H3,(H,7,8,9);. The third-order valence-electron chi connectivity index (χ3n) is 1.43. The van der Waals surface area contributed by atoms with Crippen LogP contribution in [0, 0.1) is 0 Å². The molecule has 0 saturated heterocycles. The molecule has 0 fully saturated rings. The Bertz CT molecular complexity index is 186. The van der Waals surface area contributed by atoms with E-state index in [1.807, 2.05) is 0 Å². The van der Waals surface area contributed by atoms with Gasteiger partial charge in [0.25, 0.3) is 0 Å². The van der Waals surface area contributed by atoms with E-state index in [1.165, 1.54) is 0 Å². The quantitative estimate of drug-likeness (QED) is 0.398. The fourth-order valence-corrected chi connectivity index (χ4v) is 1.81. The number of unbranched alkanes of at least 4 members (excludes halogenated alkanes) is 1. The molecule has 0 aliphatic heterocycles. The van der Waals surface area contributed by atoms with Gasteiger partial charge in [0, 0.05) is 0 Å². The van der Waals surface area contributed by atoms with Gasteiger partial charge in [-0.1, -0.05) is 0 Å². The van der Waals surface area contributed by atoms with Crippen molar-refractivity contribution >= 4 is 38.0 Å². The van der Waals surface area contributed by atoms with Crippen molar-refractivity contribution in [3.8, 4) is 0 Å². The molecule has 0 radical (unpaired) electrons. The molecule has 1 N–H and O–H groups in total. The van der Waals surface area contributed by atoms with E-state index < -0.39 is 10.1 Å². The molecule has 0 aromatic rings. The molecule has 0 bridgehead atoms. The van der Waals surface area contributed by atoms with Crippen LogP contribution in [0.2, 0.25) is 3.17 Å². The Hall–Kier alpha value is 0.910. The second-order valence-electron chi connectivity index (χ2n) is 3.18. The van der Waals surface area contributed by atoms with Gasteiger partial charge in [0.1, 0.15) is 0 Å². The number of hydrogen-bond acceptors (Lipinski definition) is 2. The number of hydrogen-bond donors (Lipinski definition) is 1. The molecule has 3 nitrogen and oxygen atoms in total. The summed E-state index contributed by atoms with van der Waals surface area (Å²) < 4.78 is 29.6. The summed E-state index contributed by atoms with van der Waals surface area (Å²) in [6, 6.07) is 0. The monoisotopic (exact) mass is 188 g/mol. The summed E-state index contributed by atoms with van der Waals surface area (Å²) in [4.78, 5) is 0. The fourth-order valence-electron chi connectivity index (χ4n) is 0.837. The molecule has 11 heavy (non-hydrogen) atoms. The van der Waals surface area contributed by atoms with E-state index in [9.17, 15) is 8.42 Å². The van der Waals surface area contributed by atoms with Crippen LogP contribution in [-0.2, 0) is 10.1 Å². The van der Waals surface area contributed by atoms with Gasteiger partial charge < -0.3 is 0 Å². The molecule has 62 valence electrons. The molecule has 1 atom stereocenters. The van der Waals surface area contributed by atoms with Crippen molar-refractivity contribution in [3.63, 3.8) is 0 Å². The van der Waals surface area contributed by atoms with Crippen LogP contribution in [0.1, 0.15) is 26.2 Å². The van der Waals surface area contributed by atoms with Crippen molar-refractivity contribution in [2.45, 2.75) is 29.4 Å². The van der Waals surface area contributed by atoms with Crippen LogP contribution in [0.5, 0.6) is 0 Å². The fraction of sp³-hybridized carbons (Fsp3) is 1.00. The van der Waals surface area contributed by atoms with E-state index in [0.717, 1.165) is 43.9 Å². The van der Waals surface area contributed by atoms with Gasteiger partial charge in [-0.15, -0.1) is 0 Å². The van der Waals surface area contributed by atoms with Crippen LogP contribution >= 0.6 is 0 Å². The summed E-state index contributed by atoms with van der Waals surface area (Å²) in [6.07, 6.45) is 2.58. The first kappa shape index (κ1) is 11.9. The number of rotatable bonds is 5. The third-order valence-corrected chi connectivity index (χ3v) is 2.82. The van der Waals surface area contributed by atoms with Gasteiger partial charge in [-0.25, -0.2) is 0 Å². The van der Waals surface area contributed by atoms with Gasteiger partial charge >= 0.3 is 86.1 Å². The van der Waals surface area contributed by atoms with Gasteiger partial charge in [0.05, 0.1) is 0 Å². The van der Waals surface area contributed by atoms with E-state index in [1.54, 1.807) is 0 Å². The van der Waals surface area contributed by atoms with Crippen molar-refractivity contribution in [1.29, 1.82) is 0 Å². The zero-order chi connectivity index (χ0) is 8.91. The van der Waals surface area contributed by atoms with Crippen LogP contribution in [-0.4, -0.2) is 46.7 Å². The second-order valence-corrected chi connectivity index (χ2v) is 6.72. The maximum atomic E-state index is 10.2. The van der Waals surface area contributed by atoms with Gasteiger partial charge in [0.15, 0.2) is 0 Å². The molecule has 0 aromatic heterocycles. The third kappa shape index (κ3) is 10.9. The molecule has 0 aliphatic rings. The van der Waals surface area contributed by atoms with E-state index in [-0.39, 0.29) is 5.75 Å². The first-order valence-electron chi connectivity index (χ1n) is 3.87. The van der Waals surface area contributed by atoms with Gasteiger partial charge in [0.2, 0.25) is 0 Å². The van der Waals surface area contributed by atoms with Crippen molar-refractivity contribution in [3.05, 3.63) is 0 Å².